The Bertz CT molecular complexity index is 260. The molecule has 1 aliphatic heterocycles. The van der Waals surface area contributed by atoms with Crippen LogP contribution in [0.4, 0.5) is 0 Å². The van der Waals surface area contributed by atoms with Crippen molar-refractivity contribution in [3.63, 3.8) is 0 Å². The lowest BCUT2D eigenvalue weighted by atomic mass is 10.1. The molecule has 0 aromatic carbocycles. The predicted molar refractivity (Wildman–Crippen MR) is 62.6 cm³/mol. The number of amides is 1. The van der Waals surface area contributed by atoms with Crippen molar-refractivity contribution in [2.75, 3.05) is 6.54 Å². The number of nitrogens with zero attached hydrogens (tertiary/aromatic N) is 1. The monoisotopic (exact) mass is 253 g/mol. The number of hydrogen-bond donors (Lipinski definition) is 2. The van der Waals surface area contributed by atoms with E-state index in [1.54, 1.807) is 13.8 Å². The highest BCUT2D eigenvalue weighted by Crippen LogP contribution is 2.24. The fraction of sp³-hybridized carbons (Fsp3) is 0.778. The van der Waals surface area contributed by atoms with Gasteiger partial charge >= 0.3 is 5.97 Å². The highest BCUT2D eigenvalue weighted by Gasteiger charge is 2.40. The van der Waals surface area contributed by atoms with Crippen LogP contribution in [0.25, 0.3) is 0 Å². The van der Waals surface area contributed by atoms with Gasteiger partial charge in [0, 0.05) is 17.7 Å². The van der Waals surface area contributed by atoms with E-state index in [1.165, 1.54) is 4.90 Å². The first-order chi connectivity index (χ1) is 6.45. The summed E-state index contributed by atoms with van der Waals surface area (Å²) < 4.78 is 0. The highest BCUT2D eigenvalue weighted by atomic mass is 35.5. The fourth-order valence-electron chi connectivity index (χ4n) is 1.65. The van der Waals surface area contributed by atoms with Gasteiger partial charge in [0.25, 0.3) is 0 Å². The van der Waals surface area contributed by atoms with Crippen LogP contribution in [0, 0.1) is 5.92 Å². The number of thiol groups is 1. The summed E-state index contributed by atoms with van der Waals surface area (Å²) in [6.07, 6.45) is 0.651. The van der Waals surface area contributed by atoms with E-state index < -0.39 is 12.0 Å². The van der Waals surface area contributed by atoms with E-state index in [4.69, 9.17) is 5.11 Å². The summed E-state index contributed by atoms with van der Waals surface area (Å²) in [5.41, 5.74) is 0. The minimum atomic E-state index is -0.962. The van der Waals surface area contributed by atoms with Gasteiger partial charge in [0.2, 0.25) is 5.91 Å². The van der Waals surface area contributed by atoms with Crippen molar-refractivity contribution in [2.24, 2.45) is 5.92 Å². The van der Waals surface area contributed by atoms with Crippen molar-refractivity contribution in [1.82, 2.24) is 4.90 Å². The van der Waals surface area contributed by atoms with Crippen LogP contribution in [-0.2, 0) is 9.59 Å². The van der Waals surface area contributed by atoms with Gasteiger partial charge in [0.05, 0.1) is 0 Å². The minimum absolute atomic E-state index is 0. The van der Waals surface area contributed by atoms with E-state index in [0.29, 0.717) is 13.0 Å². The molecular weight excluding hydrogens is 238 g/mol. The number of carboxylic acid groups (broad SMARTS) is 1. The van der Waals surface area contributed by atoms with Crippen molar-refractivity contribution in [3.05, 3.63) is 0 Å². The third-order valence-electron chi connectivity index (χ3n) is 2.40. The Labute approximate surface area is 101 Å². The molecule has 1 aliphatic rings. The number of rotatable bonds is 2. The van der Waals surface area contributed by atoms with E-state index in [2.05, 4.69) is 12.6 Å². The fourth-order valence-corrected chi connectivity index (χ4v) is 2.06. The lowest BCUT2D eigenvalue weighted by Gasteiger charge is -2.24. The quantitative estimate of drug-likeness (QED) is 0.724. The minimum Gasteiger partial charge on any atom is -0.480 e. The molecule has 2 atom stereocenters. The van der Waals surface area contributed by atoms with E-state index in [0.717, 1.165) is 0 Å². The molecule has 0 spiro atoms. The molecule has 6 heteroatoms. The van der Waals surface area contributed by atoms with Crippen molar-refractivity contribution in [3.8, 4) is 0 Å². The summed E-state index contributed by atoms with van der Waals surface area (Å²) in [5, 5.41) is 8.70. The van der Waals surface area contributed by atoms with Gasteiger partial charge in [-0.15, -0.1) is 12.4 Å². The standard InChI is InChI=1S/C9H15NO3S.ClH/c1-5(2)8(11)10-4-3-6(14)7(10)9(12)13;/h5-7,14H,3-4H2,1-2H3,(H,12,13);1H/t6?,7-;/m1./s1. The lowest BCUT2D eigenvalue weighted by Crippen LogP contribution is -2.45. The van der Waals surface area contributed by atoms with Gasteiger partial charge in [0.1, 0.15) is 6.04 Å². The second kappa shape index (κ2) is 5.61. The van der Waals surface area contributed by atoms with Crippen LogP contribution in [0.2, 0.25) is 0 Å². The first-order valence-electron chi connectivity index (χ1n) is 4.66. The predicted octanol–water partition coefficient (Wildman–Crippen LogP) is 1.05. The van der Waals surface area contributed by atoms with Gasteiger partial charge in [0.15, 0.2) is 0 Å². The van der Waals surface area contributed by atoms with Crippen molar-refractivity contribution in [2.45, 2.75) is 31.6 Å². The zero-order valence-corrected chi connectivity index (χ0v) is 10.4. The second-order valence-electron chi connectivity index (χ2n) is 3.83. The smallest absolute Gasteiger partial charge is 0.327 e. The largest absolute Gasteiger partial charge is 0.480 e. The van der Waals surface area contributed by atoms with Crippen molar-refractivity contribution in [1.29, 1.82) is 0 Å². The summed E-state index contributed by atoms with van der Waals surface area (Å²) in [5.74, 6) is -1.22. The van der Waals surface area contributed by atoms with E-state index >= 15 is 0 Å². The average molecular weight is 254 g/mol. The molecule has 4 nitrogen and oxygen atoms in total. The molecular formula is C9H16ClNO3S. The Hall–Kier alpha value is -0.420. The normalized spacial score (nSPS) is 25.2. The zero-order valence-electron chi connectivity index (χ0n) is 8.71. The van der Waals surface area contributed by atoms with Crippen LogP contribution in [-0.4, -0.2) is 39.7 Å². The van der Waals surface area contributed by atoms with Crippen LogP contribution < -0.4 is 0 Å². The van der Waals surface area contributed by atoms with Crippen molar-refractivity contribution >= 4 is 36.9 Å². The van der Waals surface area contributed by atoms with Crippen LogP contribution in [0.15, 0.2) is 0 Å². The summed E-state index contributed by atoms with van der Waals surface area (Å²) in [6.45, 7) is 4.04. The van der Waals surface area contributed by atoms with E-state index in [9.17, 15) is 9.59 Å². The first kappa shape index (κ1) is 14.6. The number of likely N-dealkylation sites (tertiary alicyclic amines) is 1. The van der Waals surface area contributed by atoms with Crippen LogP contribution in [0.5, 0.6) is 0 Å². The van der Waals surface area contributed by atoms with Crippen LogP contribution in [0.3, 0.4) is 0 Å². The topological polar surface area (TPSA) is 57.6 Å². The third kappa shape index (κ3) is 3.01. The Kier molecular flexibility index (Phi) is 5.45. The van der Waals surface area contributed by atoms with Crippen LogP contribution >= 0.6 is 25.0 Å². The SMILES string of the molecule is CC(C)C(=O)N1CCC(S)[C@@H]1C(=O)O.Cl. The molecule has 1 N–H and O–H groups in total. The number of halogens is 1. The van der Waals surface area contributed by atoms with Crippen molar-refractivity contribution < 1.29 is 14.7 Å². The molecule has 0 aliphatic carbocycles. The molecule has 1 amide bonds. The number of aliphatic carboxylic acids is 1. The molecule has 1 heterocycles. The molecule has 88 valence electrons. The zero-order chi connectivity index (χ0) is 10.9. The maximum atomic E-state index is 11.6. The van der Waals surface area contributed by atoms with Gasteiger partial charge in [-0.3, -0.25) is 4.79 Å². The number of hydrogen-bond acceptors (Lipinski definition) is 3. The molecule has 0 aromatic heterocycles. The second-order valence-corrected chi connectivity index (χ2v) is 4.49. The summed E-state index contributed by atoms with van der Waals surface area (Å²) in [6, 6.07) is -0.756. The number of carbonyl (C=O) groups is 2. The summed E-state index contributed by atoms with van der Waals surface area (Å²) >= 11 is 4.17. The molecule has 1 rings (SSSR count). The average Bonchev–Trinajstić information content (AvgIpc) is 2.45. The molecule has 0 saturated carbocycles. The summed E-state index contributed by atoms with van der Waals surface area (Å²) in [4.78, 5) is 24.0. The van der Waals surface area contributed by atoms with Gasteiger partial charge < -0.3 is 10.0 Å². The molecule has 1 saturated heterocycles. The maximum Gasteiger partial charge on any atom is 0.327 e. The molecule has 15 heavy (non-hydrogen) atoms. The van der Waals surface area contributed by atoms with Gasteiger partial charge in [-0.2, -0.15) is 12.6 Å². The molecule has 0 radical (unpaired) electrons. The molecule has 1 fully saturated rings. The Morgan fingerprint density at radius 2 is 2.00 bits per heavy atom. The number of carboxylic acids is 1. The van der Waals surface area contributed by atoms with E-state index in [-0.39, 0.29) is 29.5 Å². The Morgan fingerprint density at radius 3 is 2.40 bits per heavy atom. The lowest BCUT2D eigenvalue weighted by molar-refractivity contribution is -0.149. The molecule has 1 unspecified atom stereocenters. The van der Waals surface area contributed by atoms with Crippen LogP contribution in [0.1, 0.15) is 20.3 Å². The molecule has 0 bridgehead atoms. The van der Waals surface area contributed by atoms with Gasteiger partial charge in [-0.05, 0) is 6.42 Å². The van der Waals surface area contributed by atoms with E-state index in [1.807, 2.05) is 0 Å². The maximum absolute atomic E-state index is 11.6. The summed E-state index contributed by atoms with van der Waals surface area (Å²) in [7, 11) is 0. The number of carbonyl (C=O) groups excluding carboxylic acids is 1. The van der Waals surface area contributed by atoms with Gasteiger partial charge in [-0.1, -0.05) is 13.8 Å². The van der Waals surface area contributed by atoms with Gasteiger partial charge in [-0.25, -0.2) is 4.79 Å². The Balaban J connectivity index is 0.00000196. The molecule has 0 aromatic rings. The third-order valence-corrected chi connectivity index (χ3v) is 2.94. The Morgan fingerprint density at radius 1 is 1.47 bits per heavy atom. The highest BCUT2D eigenvalue weighted by molar-refractivity contribution is 7.81. The first-order valence-corrected chi connectivity index (χ1v) is 5.18.